The van der Waals surface area contributed by atoms with Crippen LogP contribution in [0, 0.1) is 0 Å². The fourth-order valence-corrected chi connectivity index (χ4v) is 3.37. The molecule has 4 heteroatoms. The van der Waals surface area contributed by atoms with E-state index in [0.29, 0.717) is 6.61 Å². The van der Waals surface area contributed by atoms with Crippen LogP contribution in [0.25, 0.3) is 0 Å². The molecule has 0 N–H and O–H groups in total. The van der Waals surface area contributed by atoms with Gasteiger partial charge >= 0.3 is 0 Å². The Hall–Kier alpha value is -1.39. The van der Waals surface area contributed by atoms with Crippen LogP contribution in [0.4, 0.5) is 0 Å². The summed E-state index contributed by atoms with van der Waals surface area (Å²) in [7, 11) is 1.89. The van der Waals surface area contributed by atoms with Crippen molar-refractivity contribution in [3.05, 3.63) is 35.4 Å². The smallest absolute Gasteiger partial charge is 0.251 e. The van der Waals surface area contributed by atoms with E-state index in [1.807, 2.05) is 18.9 Å². The van der Waals surface area contributed by atoms with Crippen molar-refractivity contribution < 1.29 is 14.3 Å². The van der Waals surface area contributed by atoms with Crippen LogP contribution in [0.5, 0.6) is 0 Å². The molecule has 1 saturated heterocycles. The summed E-state index contributed by atoms with van der Waals surface area (Å²) in [6.07, 6.45) is 3.77. The van der Waals surface area contributed by atoms with Crippen molar-refractivity contribution in [1.29, 1.82) is 0 Å². The van der Waals surface area contributed by atoms with Gasteiger partial charge in [-0.3, -0.25) is 4.79 Å². The number of carbonyl (C=O) groups excluding carboxylic acids is 1. The molecule has 0 radical (unpaired) electrons. The number of amides is 1. The number of likely N-dealkylation sites (N-methyl/N-ethyl adjacent to an activating group) is 1. The number of nitrogens with zero attached hydrogens (tertiary/aromatic N) is 1. The molecule has 0 spiro atoms. The summed E-state index contributed by atoms with van der Waals surface area (Å²) in [6.45, 7) is 3.18. The predicted molar refractivity (Wildman–Crippen MR) is 84.8 cm³/mol. The minimum absolute atomic E-state index is 0.0656. The van der Waals surface area contributed by atoms with Crippen molar-refractivity contribution in [2.45, 2.75) is 50.9 Å². The molecule has 1 aliphatic heterocycles. The predicted octanol–water partition coefficient (Wildman–Crippen LogP) is 2.20. The molecule has 0 saturated carbocycles. The van der Waals surface area contributed by atoms with Crippen LogP contribution < -0.4 is 0 Å². The largest absolute Gasteiger partial charge is 0.376 e. The summed E-state index contributed by atoms with van der Waals surface area (Å²) in [4.78, 5) is 14.4. The Morgan fingerprint density at radius 2 is 2.05 bits per heavy atom. The van der Waals surface area contributed by atoms with Crippen LogP contribution in [0.3, 0.4) is 0 Å². The van der Waals surface area contributed by atoms with Crippen molar-refractivity contribution in [2.24, 2.45) is 0 Å². The second-order valence-corrected chi connectivity index (χ2v) is 6.39. The lowest BCUT2D eigenvalue weighted by molar-refractivity contribution is -0.145. The summed E-state index contributed by atoms with van der Waals surface area (Å²) in [6, 6.07) is 8.70. The molecule has 1 fully saturated rings. The molecule has 120 valence electrons. The zero-order valence-corrected chi connectivity index (χ0v) is 13.5. The second-order valence-electron chi connectivity index (χ2n) is 6.39. The number of rotatable bonds is 5. The van der Waals surface area contributed by atoms with Crippen LogP contribution in [-0.4, -0.2) is 49.3 Å². The number of benzene rings is 1. The molecule has 4 nitrogen and oxygen atoms in total. The monoisotopic (exact) mass is 303 g/mol. The van der Waals surface area contributed by atoms with Crippen LogP contribution in [0.2, 0.25) is 0 Å². The van der Waals surface area contributed by atoms with E-state index in [1.165, 1.54) is 11.1 Å². The summed E-state index contributed by atoms with van der Waals surface area (Å²) >= 11 is 0. The van der Waals surface area contributed by atoms with Gasteiger partial charge in [0.15, 0.2) is 0 Å². The summed E-state index contributed by atoms with van der Waals surface area (Å²) in [5, 5.41) is 0. The van der Waals surface area contributed by atoms with E-state index in [4.69, 9.17) is 9.47 Å². The average Bonchev–Trinajstić information content (AvgIpc) is 3.19. The van der Waals surface area contributed by atoms with Crippen LogP contribution in [-0.2, 0) is 27.1 Å². The number of hydrogen-bond donors (Lipinski definition) is 0. The van der Waals surface area contributed by atoms with Crippen LogP contribution in [0.15, 0.2) is 24.3 Å². The third-order valence-electron chi connectivity index (χ3n) is 4.83. The first-order valence-corrected chi connectivity index (χ1v) is 8.22. The first-order valence-electron chi connectivity index (χ1n) is 8.22. The van der Waals surface area contributed by atoms with Gasteiger partial charge in [0, 0.05) is 19.7 Å². The maximum absolute atomic E-state index is 12.5. The topological polar surface area (TPSA) is 38.8 Å². The zero-order chi connectivity index (χ0) is 15.5. The number of fused-ring (bicyclic) bond motifs is 1. The van der Waals surface area contributed by atoms with Gasteiger partial charge in [-0.2, -0.15) is 0 Å². The fraction of sp³-hybridized carbons (Fsp3) is 0.611. The molecule has 1 amide bonds. The minimum Gasteiger partial charge on any atom is -0.376 e. The van der Waals surface area contributed by atoms with Crippen molar-refractivity contribution in [1.82, 2.24) is 4.90 Å². The minimum atomic E-state index is -0.405. The molecule has 0 aromatic heterocycles. The van der Waals surface area contributed by atoms with Gasteiger partial charge in [-0.05, 0) is 43.7 Å². The van der Waals surface area contributed by atoms with Gasteiger partial charge in [-0.15, -0.1) is 0 Å². The summed E-state index contributed by atoms with van der Waals surface area (Å²) in [5.41, 5.74) is 2.72. The standard InChI is InChI=1S/C18H25NO3/c1-13(22-12-17-8-5-9-21-17)18(20)19(2)16-10-14-6-3-4-7-15(14)11-16/h3-4,6-7,13,16-17H,5,8-12H2,1-2H3/t13-,17-/m1/s1. The molecule has 1 heterocycles. The Labute approximate surface area is 132 Å². The Bertz CT molecular complexity index is 500. The lowest BCUT2D eigenvalue weighted by Gasteiger charge is -2.27. The van der Waals surface area contributed by atoms with Gasteiger partial charge < -0.3 is 14.4 Å². The van der Waals surface area contributed by atoms with E-state index in [2.05, 4.69) is 24.3 Å². The fourth-order valence-electron chi connectivity index (χ4n) is 3.37. The molecular formula is C18H25NO3. The van der Waals surface area contributed by atoms with Crippen molar-refractivity contribution in [2.75, 3.05) is 20.3 Å². The van der Waals surface area contributed by atoms with Gasteiger partial charge in [0.1, 0.15) is 6.10 Å². The van der Waals surface area contributed by atoms with E-state index >= 15 is 0 Å². The Morgan fingerprint density at radius 3 is 2.64 bits per heavy atom. The lowest BCUT2D eigenvalue weighted by atomic mass is 10.1. The number of carbonyl (C=O) groups is 1. The average molecular weight is 303 g/mol. The molecule has 2 aliphatic rings. The first-order chi connectivity index (χ1) is 10.6. The molecule has 1 aromatic rings. The highest BCUT2D eigenvalue weighted by Gasteiger charge is 2.30. The molecule has 0 bridgehead atoms. The molecule has 2 atom stereocenters. The molecular weight excluding hydrogens is 278 g/mol. The van der Waals surface area contributed by atoms with Gasteiger partial charge in [-0.25, -0.2) is 0 Å². The van der Waals surface area contributed by atoms with Gasteiger partial charge in [0.25, 0.3) is 5.91 Å². The highest BCUT2D eigenvalue weighted by molar-refractivity contribution is 5.80. The zero-order valence-electron chi connectivity index (χ0n) is 13.5. The Balaban J connectivity index is 1.51. The molecule has 22 heavy (non-hydrogen) atoms. The van der Waals surface area contributed by atoms with Crippen molar-refractivity contribution >= 4 is 5.91 Å². The highest BCUT2D eigenvalue weighted by atomic mass is 16.5. The third-order valence-corrected chi connectivity index (χ3v) is 4.83. The van der Waals surface area contributed by atoms with Crippen molar-refractivity contribution in [3.8, 4) is 0 Å². The lowest BCUT2D eigenvalue weighted by Crippen LogP contribution is -2.44. The Kier molecular flexibility index (Phi) is 4.79. The van der Waals surface area contributed by atoms with Gasteiger partial charge in [0.2, 0.25) is 0 Å². The van der Waals surface area contributed by atoms with E-state index in [1.54, 1.807) is 0 Å². The third kappa shape index (κ3) is 3.33. The quantitative estimate of drug-likeness (QED) is 0.837. The van der Waals surface area contributed by atoms with E-state index < -0.39 is 6.10 Å². The highest BCUT2D eigenvalue weighted by Crippen LogP contribution is 2.25. The maximum atomic E-state index is 12.5. The number of hydrogen-bond acceptors (Lipinski definition) is 3. The molecule has 3 rings (SSSR count). The normalized spacial score (nSPS) is 22.5. The summed E-state index contributed by atoms with van der Waals surface area (Å²) < 4.78 is 11.3. The van der Waals surface area contributed by atoms with Gasteiger partial charge in [-0.1, -0.05) is 24.3 Å². The summed E-state index contributed by atoms with van der Waals surface area (Å²) in [5.74, 6) is 0.0656. The molecule has 1 aliphatic carbocycles. The second kappa shape index (κ2) is 6.80. The molecule has 1 aromatic carbocycles. The number of ether oxygens (including phenoxy) is 2. The van der Waals surface area contributed by atoms with Crippen LogP contribution in [0.1, 0.15) is 30.9 Å². The molecule has 0 unspecified atom stereocenters. The van der Waals surface area contributed by atoms with E-state index in [9.17, 15) is 4.79 Å². The van der Waals surface area contributed by atoms with Crippen LogP contribution >= 0.6 is 0 Å². The van der Waals surface area contributed by atoms with Gasteiger partial charge in [0.05, 0.1) is 12.7 Å². The SMILES string of the molecule is C[C@@H](OC[C@H]1CCCO1)C(=O)N(C)C1Cc2ccccc2C1. The Morgan fingerprint density at radius 1 is 1.36 bits per heavy atom. The van der Waals surface area contributed by atoms with Crippen molar-refractivity contribution in [3.63, 3.8) is 0 Å². The first kappa shape index (κ1) is 15.5. The maximum Gasteiger partial charge on any atom is 0.251 e. The van der Waals surface area contributed by atoms with E-state index in [0.717, 1.165) is 32.3 Å². The van der Waals surface area contributed by atoms with E-state index in [-0.39, 0.29) is 18.1 Å².